The van der Waals surface area contributed by atoms with Gasteiger partial charge in [0.2, 0.25) is 6.41 Å². The topological polar surface area (TPSA) is 49.0 Å². The first-order chi connectivity index (χ1) is 4.88. The number of nitrogens with one attached hydrogen (secondary N) is 1. The second-order valence-electron chi connectivity index (χ2n) is 1.85. The summed E-state index contributed by atoms with van der Waals surface area (Å²) < 4.78 is 0. The highest BCUT2D eigenvalue weighted by atomic mass is 16.1. The van der Waals surface area contributed by atoms with E-state index in [1.54, 1.807) is 17.3 Å². The number of anilines is 1. The predicted octanol–water partition coefficient (Wildman–Crippen LogP) is 0.392. The smallest absolute Gasteiger partial charge is 0.214 e. The molecular weight excluding hydrogens is 130 g/mol. The van der Waals surface area contributed by atoms with Gasteiger partial charge in [-0.15, -0.1) is 0 Å². The Morgan fingerprint density at radius 1 is 1.90 bits per heavy atom. The summed E-state index contributed by atoms with van der Waals surface area (Å²) >= 11 is 0. The van der Waals surface area contributed by atoms with Crippen LogP contribution >= 0.6 is 0 Å². The summed E-state index contributed by atoms with van der Waals surface area (Å²) in [6.07, 6.45) is 4.07. The molecule has 1 aromatic rings. The Morgan fingerprint density at radius 2 is 2.70 bits per heavy atom. The fraction of sp³-hybridized carbons (Fsp3) is 0.333. The highest BCUT2D eigenvalue weighted by molar-refractivity contribution is 5.73. The fourth-order valence-corrected chi connectivity index (χ4v) is 0.719. The first-order valence-corrected chi connectivity index (χ1v) is 3.09. The first kappa shape index (κ1) is 6.80. The Hall–Kier alpha value is -1.32. The molecule has 10 heavy (non-hydrogen) atoms. The Balaban J connectivity index is 2.73. The third-order valence-corrected chi connectivity index (χ3v) is 1.28. The molecule has 1 aromatic heterocycles. The van der Waals surface area contributed by atoms with E-state index in [-0.39, 0.29) is 0 Å². The molecule has 0 unspecified atom stereocenters. The highest BCUT2D eigenvalue weighted by Crippen LogP contribution is 2.06. The summed E-state index contributed by atoms with van der Waals surface area (Å²) in [4.78, 5) is 11.9. The molecular formula is C6H9N3O. The predicted molar refractivity (Wildman–Crippen MR) is 37.7 cm³/mol. The zero-order valence-electron chi connectivity index (χ0n) is 5.74. The number of amides is 1. The number of hydrogen-bond donors (Lipinski definition) is 1. The van der Waals surface area contributed by atoms with Gasteiger partial charge in [-0.3, -0.25) is 9.89 Å². The molecule has 1 rings (SSSR count). The number of H-pyrrole nitrogens is 1. The van der Waals surface area contributed by atoms with E-state index in [1.165, 1.54) is 0 Å². The summed E-state index contributed by atoms with van der Waals surface area (Å²) in [7, 11) is 0. The average Bonchev–Trinajstić information content (AvgIpc) is 2.43. The van der Waals surface area contributed by atoms with Gasteiger partial charge in [0.05, 0.1) is 11.9 Å². The van der Waals surface area contributed by atoms with E-state index in [4.69, 9.17) is 0 Å². The van der Waals surface area contributed by atoms with E-state index in [1.807, 2.05) is 6.92 Å². The average molecular weight is 139 g/mol. The maximum Gasteiger partial charge on any atom is 0.214 e. The van der Waals surface area contributed by atoms with E-state index in [2.05, 4.69) is 10.2 Å². The highest BCUT2D eigenvalue weighted by Gasteiger charge is 2.00. The summed E-state index contributed by atoms with van der Waals surface area (Å²) in [5.74, 6) is 0. The van der Waals surface area contributed by atoms with Crippen LogP contribution in [-0.4, -0.2) is 23.2 Å². The number of nitrogens with zero attached hydrogens (tertiary/aromatic N) is 2. The third-order valence-electron chi connectivity index (χ3n) is 1.28. The van der Waals surface area contributed by atoms with Gasteiger partial charge >= 0.3 is 0 Å². The van der Waals surface area contributed by atoms with E-state index >= 15 is 0 Å². The van der Waals surface area contributed by atoms with Crippen molar-refractivity contribution in [2.24, 2.45) is 0 Å². The standard InChI is InChI=1S/C6H9N3O/c1-2-9(5-10)6-3-7-8-4-6/h3-5H,2H2,1H3,(H,7,8). The van der Waals surface area contributed by atoms with Gasteiger partial charge < -0.3 is 4.90 Å². The normalized spacial score (nSPS) is 9.30. The molecule has 0 radical (unpaired) electrons. The second kappa shape index (κ2) is 3.00. The van der Waals surface area contributed by atoms with Crippen LogP contribution in [0.4, 0.5) is 5.69 Å². The number of carbonyl (C=O) groups excluding carboxylic acids is 1. The van der Waals surface area contributed by atoms with Crippen molar-refractivity contribution in [3.8, 4) is 0 Å². The summed E-state index contributed by atoms with van der Waals surface area (Å²) in [5.41, 5.74) is 0.803. The van der Waals surface area contributed by atoms with Crippen molar-refractivity contribution < 1.29 is 4.79 Å². The van der Waals surface area contributed by atoms with E-state index in [0.29, 0.717) is 6.54 Å². The molecule has 0 atom stereocenters. The Bertz CT molecular complexity index is 195. The van der Waals surface area contributed by atoms with Crippen LogP contribution in [0.5, 0.6) is 0 Å². The monoisotopic (exact) mass is 139 g/mol. The SMILES string of the molecule is CCN(C=O)c1cn[nH]c1. The number of rotatable bonds is 3. The molecule has 0 fully saturated rings. The molecule has 0 spiro atoms. The second-order valence-corrected chi connectivity index (χ2v) is 1.85. The fourth-order valence-electron chi connectivity index (χ4n) is 0.719. The molecule has 1 N–H and O–H groups in total. The number of aromatic nitrogens is 2. The van der Waals surface area contributed by atoms with Crippen molar-refractivity contribution in [1.82, 2.24) is 10.2 Å². The van der Waals surface area contributed by atoms with Crippen LogP contribution in [0, 0.1) is 0 Å². The molecule has 1 amide bonds. The molecule has 0 saturated carbocycles. The van der Waals surface area contributed by atoms with Crippen LogP contribution in [-0.2, 0) is 4.79 Å². The summed E-state index contributed by atoms with van der Waals surface area (Å²) in [6.45, 7) is 2.57. The van der Waals surface area contributed by atoms with E-state index < -0.39 is 0 Å². The molecule has 54 valence electrons. The molecule has 0 aromatic carbocycles. The number of hydrogen-bond acceptors (Lipinski definition) is 2. The van der Waals surface area contributed by atoms with Gasteiger partial charge in [-0.05, 0) is 6.92 Å². The lowest BCUT2D eigenvalue weighted by Crippen LogP contribution is -2.19. The summed E-state index contributed by atoms with van der Waals surface area (Å²) in [5, 5.41) is 6.34. The van der Waals surface area contributed by atoms with E-state index in [0.717, 1.165) is 12.1 Å². The molecule has 0 aliphatic carbocycles. The van der Waals surface area contributed by atoms with Crippen molar-refractivity contribution in [3.63, 3.8) is 0 Å². The van der Waals surface area contributed by atoms with Crippen LogP contribution in [0.15, 0.2) is 12.4 Å². The minimum atomic E-state index is 0.670. The van der Waals surface area contributed by atoms with Crippen molar-refractivity contribution >= 4 is 12.1 Å². The van der Waals surface area contributed by atoms with Crippen LogP contribution in [0.1, 0.15) is 6.92 Å². The lowest BCUT2D eigenvalue weighted by molar-refractivity contribution is -0.107. The van der Waals surface area contributed by atoms with Gasteiger partial charge in [-0.2, -0.15) is 5.10 Å². The molecule has 0 saturated heterocycles. The van der Waals surface area contributed by atoms with Gasteiger partial charge in [0.25, 0.3) is 0 Å². The van der Waals surface area contributed by atoms with Gasteiger partial charge in [0.15, 0.2) is 0 Å². The van der Waals surface area contributed by atoms with Crippen molar-refractivity contribution in [2.45, 2.75) is 6.92 Å². The molecule has 0 aliphatic rings. The molecule has 0 bridgehead atoms. The van der Waals surface area contributed by atoms with Crippen molar-refractivity contribution in [3.05, 3.63) is 12.4 Å². The minimum Gasteiger partial charge on any atom is -0.312 e. The zero-order chi connectivity index (χ0) is 7.40. The number of carbonyl (C=O) groups is 1. The van der Waals surface area contributed by atoms with Gasteiger partial charge in [-0.1, -0.05) is 0 Å². The van der Waals surface area contributed by atoms with E-state index in [9.17, 15) is 4.79 Å². The Morgan fingerprint density at radius 3 is 3.10 bits per heavy atom. The quantitative estimate of drug-likeness (QED) is 0.616. The minimum absolute atomic E-state index is 0.670. The van der Waals surface area contributed by atoms with Gasteiger partial charge in [0.1, 0.15) is 0 Å². The van der Waals surface area contributed by atoms with Gasteiger partial charge in [-0.25, -0.2) is 0 Å². The van der Waals surface area contributed by atoms with Crippen LogP contribution in [0.25, 0.3) is 0 Å². The lowest BCUT2D eigenvalue weighted by Gasteiger charge is -2.09. The third kappa shape index (κ3) is 1.15. The number of aromatic amines is 1. The Kier molecular flexibility index (Phi) is 2.04. The van der Waals surface area contributed by atoms with Crippen LogP contribution in [0.3, 0.4) is 0 Å². The molecule has 1 heterocycles. The van der Waals surface area contributed by atoms with Crippen molar-refractivity contribution in [1.29, 1.82) is 0 Å². The maximum atomic E-state index is 10.3. The van der Waals surface area contributed by atoms with Crippen LogP contribution in [0.2, 0.25) is 0 Å². The Labute approximate surface area is 58.8 Å². The lowest BCUT2D eigenvalue weighted by atomic mass is 10.5. The molecule has 4 heteroatoms. The largest absolute Gasteiger partial charge is 0.312 e. The zero-order valence-corrected chi connectivity index (χ0v) is 5.74. The van der Waals surface area contributed by atoms with Crippen LogP contribution < -0.4 is 4.90 Å². The maximum absolute atomic E-state index is 10.3. The summed E-state index contributed by atoms with van der Waals surface area (Å²) in [6, 6.07) is 0. The van der Waals surface area contributed by atoms with Crippen molar-refractivity contribution in [2.75, 3.05) is 11.4 Å². The molecule has 4 nitrogen and oxygen atoms in total. The molecule has 0 aliphatic heterocycles. The first-order valence-electron chi connectivity index (χ1n) is 3.09. The van der Waals surface area contributed by atoms with Gasteiger partial charge in [0, 0.05) is 12.7 Å².